The lowest BCUT2D eigenvalue weighted by atomic mass is 10.2. The fourth-order valence-corrected chi connectivity index (χ4v) is 2.13. The maximum absolute atomic E-state index is 11.0. The summed E-state index contributed by atoms with van der Waals surface area (Å²) in [4.78, 5) is 11.0. The smallest absolute Gasteiger partial charge is 0.158 e. The monoisotopic (exact) mass is 351 g/mol. The maximum atomic E-state index is 11.0. The Bertz CT molecular complexity index is 459. The molecule has 0 radical (unpaired) electrons. The number of unbranched alkanes of at least 4 members (excludes halogenated alkanes) is 1. The molecule has 0 bridgehead atoms. The SMILES string of the molecule is CCC(=O)COCCCCOCCCOc1ccc(NC(C)C)cc1. The van der Waals surface area contributed by atoms with Gasteiger partial charge in [-0.2, -0.15) is 0 Å². The normalized spacial score (nSPS) is 10.9. The number of ether oxygens (including phenoxy) is 3. The van der Waals surface area contributed by atoms with Crippen LogP contribution in [0.3, 0.4) is 0 Å². The number of benzene rings is 1. The lowest BCUT2D eigenvalue weighted by molar-refractivity contribution is -0.123. The standard InChI is InChI=1S/C20H33NO4/c1-4-19(22)16-24-13-6-5-12-23-14-7-15-25-20-10-8-18(9-11-20)21-17(2)3/h8-11,17,21H,4-7,12-16H2,1-3H3. The number of hydrogen-bond acceptors (Lipinski definition) is 5. The summed E-state index contributed by atoms with van der Waals surface area (Å²) in [7, 11) is 0. The highest BCUT2D eigenvalue weighted by Gasteiger charge is 1.99. The summed E-state index contributed by atoms with van der Waals surface area (Å²) in [6, 6.07) is 8.45. The van der Waals surface area contributed by atoms with Crippen molar-refractivity contribution in [3.05, 3.63) is 24.3 Å². The van der Waals surface area contributed by atoms with Crippen LogP contribution in [0, 0.1) is 0 Å². The number of nitrogens with one attached hydrogen (secondary N) is 1. The molecule has 0 aromatic heterocycles. The molecule has 0 saturated heterocycles. The molecular formula is C20H33NO4. The zero-order chi connectivity index (χ0) is 18.3. The minimum atomic E-state index is 0.155. The third kappa shape index (κ3) is 11.6. The molecule has 1 aromatic rings. The van der Waals surface area contributed by atoms with Crippen molar-refractivity contribution < 1.29 is 19.0 Å². The summed E-state index contributed by atoms with van der Waals surface area (Å²) in [5.41, 5.74) is 1.11. The summed E-state index contributed by atoms with van der Waals surface area (Å²) in [6.45, 7) is 9.02. The highest BCUT2D eigenvalue weighted by molar-refractivity contribution is 5.79. The van der Waals surface area contributed by atoms with Crippen LogP contribution in [0.15, 0.2) is 24.3 Å². The van der Waals surface area contributed by atoms with Crippen molar-refractivity contribution in [3.8, 4) is 5.75 Å². The van der Waals surface area contributed by atoms with Gasteiger partial charge in [0.15, 0.2) is 5.78 Å². The Labute approximate surface area is 152 Å². The number of anilines is 1. The van der Waals surface area contributed by atoms with Crippen molar-refractivity contribution >= 4 is 11.5 Å². The molecule has 0 atom stereocenters. The van der Waals surface area contributed by atoms with Gasteiger partial charge in [0.25, 0.3) is 0 Å². The molecule has 0 spiro atoms. The number of carbonyl (C=O) groups excluding carboxylic acids is 1. The van der Waals surface area contributed by atoms with E-state index in [0.717, 1.165) is 37.3 Å². The molecule has 0 fully saturated rings. The Morgan fingerprint density at radius 2 is 1.60 bits per heavy atom. The Morgan fingerprint density at radius 3 is 2.24 bits per heavy atom. The molecule has 0 unspecified atom stereocenters. The molecule has 0 aliphatic rings. The second-order valence-corrected chi connectivity index (χ2v) is 6.29. The quantitative estimate of drug-likeness (QED) is 0.483. The van der Waals surface area contributed by atoms with E-state index in [1.165, 1.54) is 0 Å². The first-order valence-electron chi connectivity index (χ1n) is 9.28. The molecule has 5 heteroatoms. The van der Waals surface area contributed by atoms with Crippen LogP contribution in [0.2, 0.25) is 0 Å². The van der Waals surface area contributed by atoms with Crippen LogP contribution in [0.25, 0.3) is 0 Å². The van der Waals surface area contributed by atoms with E-state index >= 15 is 0 Å². The number of ketones is 1. The molecule has 5 nitrogen and oxygen atoms in total. The average molecular weight is 351 g/mol. The van der Waals surface area contributed by atoms with Crippen LogP contribution < -0.4 is 10.1 Å². The number of rotatable bonds is 15. The molecule has 0 amide bonds. The summed E-state index contributed by atoms with van der Waals surface area (Å²) >= 11 is 0. The summed E-state index contributed by atoms with van der Waals surface area (Å²) in [6.07, 6.45) is 3.29. The number of carbonyl (C=O) groups is 1. The van der Waals surface area contributed by atoms with E-state index in [0.29, 0.717) is 32.3 Å². The van der Waals surface area contributed by atoms with Crippen LogP contribution in [-0.2, 0) is 14.3 Å². The van der Waals surface area contributed by atoms with E-state index in [1.54, 1.807) is 0 Å². The van der Waals surface area contributed by atoms with Gasteiger partial charge in [-0.25, -0.2) is 0 Å². The molecule has 0 saturated carbocycles. The van der Waals surface area contributed by atoms with Crippen LogP contribution >= 0.6 is 0 Å². The Morgan fingerprint density at radius 1 is 0.960 bits per heavy atom. The summed E-state index contributed by atoms with van der Waals surface area (Å²) in [5, 5.41) is 3.35. The lowest BCUT2D eigenvalue weighted by Gasteiger charge is -2.11. The molecule has 0 heterocycles. The number of hydrogen-bond donors (Lipinski definition) is 1. The molecular weight excluding hydrogens is 318 g/mol. The fourth-order valence-electron chi connectivity index (χ4n) is 2.13. The third-order valence-electron chi connectivity index (χ3n) is 3.50. The molecule has 0 aliphatic heterocycles. The van der Waals surface area contributed by atoms with Crippen LogP contribution in [0.5, 0.6) is 5.75 Å². The van der Waals surface area contributed by atoms with Gasteiger partial charge in [0.05, 0.1) is 6.61 Å². The van der Waals surface area contributed by atoms with Gasteiger partial charge in [-0.15, -0.1) is 0 Å². The first-order chi connectivity index (χ1) is 12.1. The van der Waals surface area contributed by atoms with Gasteiger partial charge < -0.3 is 19.5 Å². The van der Waals surface area contributed by atoms with Crippen LogP contribution in [0.1, 0.15) is 46.5 Å². The Balaban J connectivity index is 1.92. The van der Waals surface area contributed by atoms with Gasteiger partial charge in [-0.05, 0) is 51.0 Å². The average Bonchev–Trinajstić information content (AvgIpc) is 2.60. The zero-order valence-corrected chi connectivity index (χ0v) is 15.9. The van der Waals surface area contributed by atoms with Gasteiger partial charge in [0, 0.05) is 44.4 Å². The van der Waals surface area contributed by atoms with Gasteiger partial charge in [-0.1, -0.05) is 6.92 Å². The zero-order valence-electron chi connectivity index (χ0n) is 15.9. The molecule has 0 aliphatic carbocycles. The minimum Gasteiger partial charge on any atom is -0.494 e. The van der Waals surface area contributed by atoms with Gasteiger partial charge >= 0.3 is 0 Å². The minimum absolute atomic E-state index is 0.155. The van der Waals surface area contributed by atoms with Crippen LogP contribution in [-0.4, -0.2) is 44.9 Å². The predicted molar refractivity (Wildman–Crippen MR) is 101 cm³/mol. The van der Waals surface area contributed by atoms with E-state index in [2.05, 4.69) is 19.2 Å². The van der Waals surface area contributed by atoms with E-state index in [-0.39, 0.29) is 12.4 Å². The first kappa shape index (κ1) is 21.5. The van der Waals surface area contributed by atoms with Crippen LogP contribution in [0.4, 0.5) is 5.69 Å². The van der Waals surface area contributed by atoms with E-state index in [9.17, 15) is 4.79 Å². The second-order valence-electron chi connectivity index (χ2n) is 6.29. The van der Waals surface area contributed by atoms with E-state index in [1.807, 2.05) is 31.2 Å². The fraction of sp³-hybridized carbons (Fsp3) is 0.650. The van der Waals surface area contributed by atoms with Crippen molar-refractivity contribution in [1.82, 2.24) is 0 Å². The molecule has 1 rings (SSSR count). The Kier molecular flexibility index (Phi) is 11.7. The lowest BCUT2D eigenvalue weighted by Crippen LogP contribution is -2.09. The van der Waals surface area contributed by atoms with Crippen molar-refractivity contribution in [2.24, 2.45) is 0 Å². The summed E-state index contributed by atoms with van der Waals surface area (Å²) in [5.74, 6) is 1.04. The molecule has 1 aromatic carbocycles. The molecule has 142 valence electrons. The Hall–Kier alpha value is -1.59. The van der Waals surface area contributed by atoms with Crippen molar-refractivity contribution in [3.63, 3.8) is 0 Å². The van der Waals surface area contributed by atoms with Crippen molar-refractivity contribution in [1.29, 1.82) is 0 Å². The second kappa shape index (κ2) is 13.7. The van der Waals surface area contributed by atoms with Crippen molar-refractivity contribution in [2.45, 2.75) is 52.5 Å². The first-order valence-corrected chi connectivity index (χ1v) is 9.28. The summed E-state index contributed by atoms with van der Waals surface area (Å²) < 4.78 is 16.6. The number of Topliss-reactive ketones (excluding diaryl/α,β-unsaturated/α-hetero) is 1. The van der Waals surface area contributed by atoms with E-state index < -0.39 is 0 Å². The third-order valence-corrected chi connectivity index (χ3v) is 3.50. The topological polar surface area (TPSA) is 56.8 Å². The highest BCUT2D eigenvalue weighted by Crippen LogP contribution is 2.16. The largest absolute Gasteiger partial charge is 0.494 e. The van der Waals surface area contributed by atoms with Gasteiger partial charge in [0.2, 0.25) is 0 Å². The predicted octanol–water partition coefficient (Wildman–Crippen LogP) is 4.07. The highest BCUT2D eigenvalue weighted by atomic mass is 16.5. The van der Waals surface area contributed by atoms with Crippen molar-refractivity contribution in [2.75, 3.05) is 38.4 Å². The van der Waals surface area contributed by atoms with Gasteiger partial charge in [0.1, 0.15) is 12.4 Å². The maximum Gasteiger partial charge on any atom is 0.158 e. The molecule has 25 heavy (non-hydrogen) atoms. The van der Waals surface area contributed by atoms with Gasteiger partial charge in [-0.3, -0.25) is 4.79 Å². The molecule has 1 N–H and O–H groups in total. The van der Waals surface area contributed by atoms with E-state index in [4.69, 9.17) is 14.2 Å².